The highest BCUT2D eigenvalue weighted by Crippen LogP contribution is 2.46. The van der Waals surface area contributed by atoms with Crippen molar-refractivity contribution in [3.05, 3.63) is 30.1 Å². The molecule has 166 valence electrons. The molecule has 0 aromatic carbocycles. The predicted octanol–water partition coefficient (Wildman–Crippen LogP) is 2.35. The zero-order valence-electron chi connectivity index (χ0n) is 16.0. The van der Waals surface area contributed by atoms with E-state index in [1.54, 1.807) is 17.3 Å². The van der Waals surface area contributed by atoms with E-state index in [0.717, 1.165) is 12.0 Å². The number of carbonyl (C=O) groups is 2. The van der Waals surface area contributed by atoms with Crippen molar-refractivity contribution >= 4 is 11.9 Å². The Balaban J connectivity index is 0.000000318. The molecular formula is C19H22F4N2O5. The lowest BCUT2D eigenvalue weighted by Gasteiger charge is -2.50. The smallest absolute Gasteiger partial charge is 0.475 e. The first kappa shape index (κ1) is 22.4. The van der Waals surface area contributed by atoms with Gasteiger partial charge in [-0.15, -0.1) is 0 Å². The SMILES string of the molecule is O=C(N1CC2(C1)OCCC2COCc1ccncc1)C1(F)CC1.O=C(O)C(F)(F)F. The predicted molar refractivity (Wildman–Crippen MR) is 94.0 cm³/mol. The normalized spacial score (nSPS) is 23.3. The third-order valence-corrected chi connectivity index (χ3v) is 5.46. The minimum Gasteiger partial charge on any atom is -0.475 e. The summed E-state index contributed by atoms with van der Waals surface area (Å²) in [6.07, 6.45) is 0.0837. The lowest BCUT2D eigenvalue weighted by molar-refractivity contribution is -0.192. The molecule has 1 spiro atoms. The van der Waals surface area contributed by atoms with E-state index < -0.39 is 17.8 Å². The van der Waals surface area contributed by atoms with Gasteiger partial charge in [-0.3, -0.25) is 9.78 Å². The minimum absolute atomic E-state index is 0.267. The van der Waals surface area contributed by atoms with Crippen LogP contribution in [0.4, 0.5) is 17.6 Å². The second kappa shape index (κ2) is 8.46. The van der Waals surface area contributed by atoms with E-state index >= 15 is 0 Å². The molecule has 2 saturated heterocycles. The third-order valence-electron chi connectivity index (χ3n) is 5.46. The van der Waals surface area contributed by atoms with Gasteiger partial charge in [-0.05, 0) is 37.0 Å². The van der Waals surface area contributed by atoms with Gasteiger partial charge in [0, 0.05) is 24.9 Å². The molecule has 0 radical (unpaired) electrons. The van der Waals surface area contributed by atoms with Gasteiger partial charge < -0.3 is 19.5 Å². The highest BCUT2D eigenvalue weighted by atomic mass is 19.4. The fourth-order valence-corrected chi connectivity index (χ4v) is 3.52. The summed E-state index contributed by atoms with van der Waals surface area (Å²) in [5.74, 6) is -2.84. The maximum Gasteiger partial charge on any atom is 0.490 e. The number of halogens is 4. The average molecular weight is 434 g/mol. The van der Waals surface area contributed by atoms with Crippen molar-refractivity contribution in [2.24, 2.45) is 5.92 Å². The number of ether oxygens (including phenoxy) is 2. The second-order valence-electron chi connectivity index (χ2n) is 7.70. The summed E-state index contributed by atoms with van der Waals surface area (Å²) in [4.78, 5) is 26.5. The molecule has 30 heavy (non-hydrogen) atoms. The van der Waals surface area contributed by atoms with Gasteiger partial charge in [0.1, 0.15) is 5.60 Å². The standard InChI is InChI=1S/C17H21FN2O3.C2HF3O2/c18-16(4-5-16)15(21)20-11-17(12-20)14(3-8-23-17)10-22-9-13-1-6-19-7-2-13;3-2(4,5)1(6)7/h1-2,6-7,14H,3-5,8-12H2;(H,6,7). The summed E-state index contributed by atoms with van der Waals surface area (Å²) in [6, 6.07) is 3.86. The zero-order chi connectivity index (χ0) is 22.0. The van der Waals surface area contributed by atoms with Crippen LogP contribution in [0, 0.1) is 5.92 Å². The van der Waals surface area contributed by atoms with Crippen LogP contribution in [-0.2, 0) is 25.7 Å². The third kappa shape index (κ3) is 5.07. The number of nitrogens with zero attached hydrogens (tertiary/aromatic N) is 2. The number of aromatic nitrogens is 1. The van der Waals surface area contributed by atoms with Crippen LogP contribution < -0.4 is 0 Å². The molecule has 3 heterocycles. The van der Waals surface area contributed by atoms with Crippen LogP contribution in [0.3, 0.4) is 0 Å². The summed E-state index contributed by atoms with van der Waals surface area (Å²) in [7, 11) is 0. The van der Waals surface area contributed by atoms with Crippen molar-refractivity contribution in [2.75, 3.05) is 26.3 Å². The fourth-order valence-electron chi connectivity index (χ4n) is 3.52. The fraction of sp³-hybridized carbons (Fsp3) is 0.632. The number of carbonyl (C=O) groups excluding carboxylic acids is 1. The van der Waals surface area contributed by atoms with Gasteiger partial charge in [0.2, 0.25) is 0 Å². The van der Waals surface area contributed by atoms with Gasteiger partial charge in [0.15, 0.2) is 5.67 Å². The highest BCUT2D eigenvalue weighted by molar-refractivity contribution is 5.88. The molecule has 1 N–H and O–H groups in total. The van der Waals surface area contributed by atoms with Crippen LogP contribution >= 0.6 is 0 Å². The van der Waals surface area contributed by atoms with Crippen LogP contribution in [0.5, 0.6) is 0 Å². The van der Waals surface area contributed by atoms with E-state index in [-0.39, 0.29) is 17.4 Å². The van der Waals surface area contributed by atoms with Gasteiger partial charge in [-0.25, -0.2) is 9.18 Å². The van der Waals surface area contributed by atoms with E-state index in [4.69, 9.17) is 19.4 Å². The molecule has 4 rings (SSSR count). The number of carboxylic acids is 1. The largest absolute Gasteiger partial charge is 0.490 e. The summed E-state index contributed by atoms with van der Waals surface area (Å²) < 4.78 is 57.3. The molecule has 11 heteroatoms. The molecule has 1 unspecified atom stereocenters. The Morgan fingerprint density at radius 2 is 1.87 bits per heavy atom. The lowest BCUT2D eigenvalue weighted by Crippen LogP contribution is -2.68. The van der Waals surface area contributed by atoms with Crippen molar-refractivity contribution in [1.82, 2.24) is 9.88 Å². The van der Waals surface area contributed by atoms with Crippen LogP contribution in [0.25, 0.3) is 0 Å². The van der Waals surface area contributed by atoms with Crippen molar-refractivity contribution in [1.29, 1.82) is 0 Å². The summed E-state index contributed by atoms with van der Waals surface area (Å²) in [5, 5.41) is 7.12. The van der Waals surface area contributed by atoms with Crippen molar-refractivity contribution in [2.45, 2.75) is 43.3 Å². The van der Waals surface area contributed by atoms with Crippen molar-refractivity contribution in [3.8, 4) is 0 Å². The maximum atomic E-state index is 13.9. The number of pyridine rings is 1. The van der Waals surface area contributed by atoms with E-state index in [1.165, 1.54) is 0 Å². The second-order valence-corrected chi connectivity index (χ2v) is 7.70. The first-order valence-electron chi connectivity index (χ1n) is 9.45. The van der Waals surface area contributed by atoms with E-state index in [0.29, 0.717) is 45.8 Å². The molecule has 2 aliphatic heterocycles. The quantitative estimate of drug-likeness (QED) is 0.716. The van der Waals surface area contributed by atoms with Crippen LogP contribution in [-0.4, -0.2) is 70.6 Å². The molecule has 1 aromatic heterocycles. The molecule has 0 bridgehead atoms. The summed E-state index contributed by atoms with van der Waals surface area (Å²) in [5.41, 5.74) is -0.807. The number of amides is 1. The van der Waals surface area contributed by atoms with Gasteiger partial charge in [0.25, 0.3) is 5.91 Å². The molecule has 1 saturated carbocycles. The van der Waals surface area contributed by atoms with Gasteiger partial charge in [0.05, 0.1) is 26.3 Å². The van der Waals surface area contributed by atoms with Gasteiger partial charge >= 0.3 is 12.1 Å². The molecule has 1 amide bonds. The number of alkyl halides is 4. The number of carboxylic acid groups (broad SMARTS) is 1. The van der Waals surface area contributed by atoms with E-state index in [1.807, 2.05) is 12.1 Å². The average Bonchev–Trinajstić information content (AvgIpc) is 3.27. The van der Waals surface area contributed by atoms with Crippen LogP contribution in [0.1, 0.15) is 24.8 Å². The summed E-state index contributed by atoms with van der Waals surface area (Å²) in [6.45, 7) is 2.84. The monoisotopic (exact) mass is 434 g/mol. The Morgan fingerprint density at radius 3 is 2.40 bits per heavy atom. The molecule has 7 nitrogen and oxygen atoms in total. The highest BCUT2D eigenvalue weighted by Gasteiger charge is 2.60. The van der Waals surface area contributed by atoms with Gasteiger partial charge in [-0.1, -0.05) is 0 Å². The van der Waals surface area contributed by atoms with Gasteiger partial charge in [-0.2, -0.15) is 13.2 Å². The van der Waals surface area contributed by atoms with Crippen molar-refractivity contribution < 1.29 is 41.7 Å². The molecular weight excluding hydrogens is 412 g/mol. The molecule has 1 aromatic rings. The lowest BCUT2D eigenvalue weighted by atomic mass is 9.81. The maximum absolute atomic E-state index is 13.9. The Hall–Kier alpha value is -2.27. The number of hydrogen-bond acceptors (Lipinski definition) is 5. The Labute approximate surface area is 170 Å². The van der Waals surface area contributed by atoms with Crippen molar-refractivity contribution in [3.63, 3.8) is 0 Å². The molecule has 1 aliphatic carbocycles. The minimum atomic E-state index is -5.08. The Morgan fingerprint density at radius 1 is 1.27 bits per heavy atom. The first-order valence-corrected chi connectivity index (χ1v) is 9.45. The first-order chi connectivity index (χ1) is 14.1. The zero-order valence-corrected chi connectivity index (χ0v) is 16.0. The number of likely N-dealkylation sites (tertiary alicyclic amines) is 1. The number of aliphatic carboxylic acids is 1. The van der Waals surface area contributed by atoms with E-state index in [9.17, 15) is 22.4 Å². The number of hydrogen-bond donors (Lipinski definition) is 1. The van der Waals surface area contributed by atoms with Crippen LogP contribution in [0.15, 0.2) is 24.5 Å². The molecule has 3 fully saturated rings. The van der Waals surface area contributed by atoms with Crippen LogP contribution in [0.2, 0.25) is 0 Å². The Bertz CT molecular complexity index is 764. The number of rotatable bonds is 5. The topological polar surface area (TPSA) is 89.0 Å². The molecule has 3 aliphatic rings. The summed E-state index contributed by atoms with van der Waals surface area (Å²) >= 11 is 0. The van der Waals surface area contributed by atoms with E-state index in [2.05, 4.69) is 4.98 Å². The Kier molecular flexibility index (Phi) is 6.32. The molecule has 1 atom stereocenters.